The van der Waals surface area contributed by atoms with E-state index in [4.69, 9.17) is 0 Å². The Morgan fingerprint density at radius 3 is 2.53 bits per heavy atom. The molecular weight excluding hydrogens is 182 g/mol. The van der Waals surface area contributed by atoms with E-state index in [9.17, 15) is 0 Å². The van der Waals surface area contributed by atoms with Crippen molar-refractivity contribution in [3.05, 3.63) is 35.4 Å². The van der Waals surface area contributed by atoms with Crippen LogP contribution < -0.4 is 5.32 Å². The predicted molar refractivity (Wildman–Crippen MR) is 65.1 cm³/mol. The van der Waals surface area contributed by atoms with Crippen molar-refractivity contribution in [3.63, 3.8) is 0 Å². The zero-order valence-electron chi connectivity index (χ0n) is 9.79. The van der Waals surface area contributed by atoms with E-state index in [-0.39, 0.29) is 0 Å². The summed E-state index contributed by atoms with van der Waals surface area (Å²) in [7, 11) is 2.08. The normalized spacial score (nSPS) is 25.7. The summed E-state index contributed by atoms with van der Waals surface area (Å²) < 4.78 is 0. The fourth-order valence-corrected chi connectivity index (χ4v) is 2.58. The third-order valence-corrected chi connectivity index (χ3v) is 3.59. The molecule has 1 saturated carbocycles. The first kappa shape index (κ1) is 10.7. The van der Waals surface area contributed by atoms with Crippen molar-refractivity contribution >= 4 is 0 Å². The average Bonchev–Trinajstić information content (AvgIpc) is 2.69. The number of benzene rings is 1. The molecule has 1 nitrogen and oxygen atoms in total. The molecule has 0 heterocycles. The van der Waals surface area contributed by atoms with Crippen LogP contribution in [0.2, 0.25) is 0 Å². The molecule has 0 spiro atoms. The van der Waals surface area contributed by atoms with Gasteiger partial charge in [0.2, 0.25) is 0 Å². The van der Waals surface area contributed by atoms with Gasteiger partial charge in [-0.1, -0.05) is 29.8 Å². The Morgan fingerprint density at radius 2 is 1.93 bits per heavy atom. The fraction of sp³-hybridized carbons (Fsp3) is 0.571. The molecule has 0 amide bonds. The number of aryl methyl sites for hydroxylation is 1. The number of nitrogens with one attached hydrogen (secondary N) is 1. The van der Waals surface area contributed by atoms with E-state index in [1.807, 2.05) is 0 Å². The number of rotatable bonds is 3. The van der Waals surface area contributed by atoms with Crippen LogP contribution in [0.4, 0.5) is 0 Å². The molecule has 0 radical (unpaired) electrons. The molecule has 1 aliphatic rings. The molecular formula is C14H21N. The van der Waals surface area contributed by atoms with Crippen LogP contribution in [0.1, 0.15) is 30.4 Å². The van der Waals surface area contributed by atoms with Crippen LogP contribution in [0.3, 0.4) is 0 Å². The summed E-state index contributed by atoms with van der Waals surface area (Å²) >= 11 is 0. The van der Waals surface area contributed by atoms with Gasteiger partial charge in [0.05, 0.1) is 0 Å². The maximum absolute atomic E-state index is 3.39. The SMILES string of the molecule is CNC1CCC(Cc2ccc(C)cc2)C1. The van der Waals surface area contributed by atoms with E-state index in [1.165, 1.54) is 36.8 Å². The van der Waals surface area contributed by atoms with Crippen LogP contribution >= 0.6 is 0 Å². The first-order chi connectivity index (χ1) is 7.28. The van der Waals surface area contributed by atoms with E-state index in [1.54, 1.807) is 0 Å². The minimum Gasteiger partial charge on any atom is -0.317 e. The largest absolute Gasteiger partial charge is 0.317 e. The van der Waals surface area contributed by atoms with Crippen LogP contribution in [0, 0.1) is 12.8 Å². The molecule has 2 rings (SSSR count). The topological polar surface area (TPSA) is 12.0 Å². The van der Waals surface area contributed by atoms with Crippen molar-refractivity contribution in [2.75, 3.05) is 7.05 Å². The maximum atomic E-state index is 3.39. The molecule has 1 aromatic rings. The van der Waals surface area contributed by atoms with E-state index in [2.05, 4.69) is 43.6 Å². The Balaban J connectivity index is 1.90. The first-order valence-corrected chi connectivity index (χ1v) is 6.00. The van der Waals surface area contributed by atoms with E-state index in [0.717, 1.165) is 12.0 Å². The van der Waals surface area contributed by atoms with Crippen molar-refractivity contribution in [2.45, 2.75) is 38.6 Å². The Hall–Kier alpha value is -0.820. The van der Waals surface area contributed by atoms with Gasteiger partial charge >= 0.3 is 0 Å². The Labute approximate surface area is 92.9 Å². The minimum atomic E-state index is 0.764. The van der Waals surface area contributed by atoms with Crippen LogP contribution in [0.15, 0.2) is 24.3 Å². The lowest BCUT2D eigenvalue weighted by molar-refractivity contribution is 0.510. The zero-order chi connectivity index (χ0) is 10.7. The van der Waals surface area contributed by atoms with Gasteiger partial charge in [-0.2, -0.15) is 0 Å². The quantitative estimate of drug-likeness (QED) is 0.796. The molecule has 2 unspecified atom stereocenters. The van der Waals surface area contributed by atoms with E-state index < -0.39 is 0 Å². The van der Waals surface area contributed by atoms with Crippen LogP contribution in [-0.4, -0.2) is 13.1 Å². The molecule has 1 aromatic carbocycles. The van der Waals surface area contributed by atoms with Crippen LogP contribution in [0.5, 0.6) is 0 Å². The molecule has 0 bridgehead atoms. The second-order valence-corrected chi connectivity index (χ2v) is 4.85. The van der Waals surface area contributed by atoms with Gasteiger partial charge in [0.15, 0.2) is 0 Å². The lowest BCUT2D eigenvalue weighted by Gasteiger charge is -2.10. The van der Waals surface area contributed by atoms with Gasteiger partial charge in [-0.15, -0.1) is 0 Å². The molecule has 15 heavy (non-hydrogen) atoms. The first-order valence-electron chi connectivity index (χ1n) is 6.00. The summed E-state index contributed by atoms with van der Waals surface area (Å²) in [6.45, 7) is 2.15. The summed E-state index contributed by atoms with van der Waals surface area (Å²) in [5.74, 6) is 0.894. The molecule has 0 aliphatic heterocycles. The van der Waals surface area contributed by atoms with Gasteiger partial charge in [-0.3, -0.25) is 0 Å². The van der Waals surface area contributed by atoms with Crippen LogP contribution in [0.25, 0.3) is 0 Å². The Bertz CT molecular complexity index is 302. The highest BCUT2D eigenvalue weighted by Crippen LogP contribution is 2.28. The highest BCUT2D eigenvalue weighted by Gasteiger charge is 2.23. The van der Waals surface area contributed by atoms with Gasteiger partial charge in [0, 0.05) is 6.04 Å². The minimum absolute atomic E-state index is 0.764. The monoisotopic (exact) mass is 203 g/mol. The summed E-state index contributed by atoms with van der Waals surface area (Å²) in [4.78, 5) is 0. The van der Waals surface area contributed by atoms with Gasteiger partial charge < -0.3 is 5.32 Å². The fourth-order valence-electron chi connectivity index (χ4n) is 2.58. The van der Waals surface area contributed by atoms with Crippen molar-refractivity contribution < 1.29 is 0 Å². The third kappa shape index (κ3) is 2.82. The standard InChI is InChI=1S/C14H21N/c1-11-3-5-12(6-4-11)9-13-7-8-14(10-13)15-2/h3-6,13-15H,7-10H2,1-2H3. The maximum Gasteiger partial charge on any atom is 0.00669 e. The molecule has 1 fully saturated rings. The highest BCUT2D eigenvalue weighted by atomic mass is 14.9. The molecule has 1 N–H and O–H groups in total. The van der Waals surface area contributed by atoms with Gasteiger partial charge in [0.1, 0.15) is 0 Å². The highest BCUT2D eigenvalue weighted by molar-refractivity contribution is 5.21. The Morgan fingerprint density at radius 1 is 1.20 bits per heavy atom. The average molecular weight is 203 g/mol. The summed E-state index contributed by atoms with van der Waals surface area (Å²) in [5.41, 5.74) is 2.86. The lowest BCUT2D eigenvalue weighted by Crippen LogP contribution is -2.21. The smallest absolute Gasteiger partial charge is 0.00669 e. The molecule has 1 heteroatoms. The summed E-state index contributed by atoms with van der Waals surface area (Å²) in [6.07, 6.45) is 5.36. The molecule has 2 atom stereocenters. The number of hydrogen-bond donors (Lipinski definition) is 1. The van der Waals surface area contributed by atoms with Crippen molar-refractivity contribution in [1.82, 2.24) is 5.32 Å². The van der Waals surface area contributed by atoms with Crippen LogP contribution in [-0.2, 0) is 6.42 Å². The lowest BCUT2D eigenvalue weighted by atomic mass is 9.97. The van der Waals surface area contributed by atoms with Gasteiger partial charge in [0.25, 0.3) is 0 Å². The van der Waals surface area contributed by atoms with Crippen molar-refractivity contribution in [3.8, 4) is 0 Å². The number of hydrogen-bond acceptors (Lipinski definition) is 1. The summed E-state index contributed by atoms with van der Waals surface area (Å²) in [6, 6.07) is 9.77. The second-order valence-electron chi connectivity index (χ2n) is 4.85. The van der Waals surface area contributed by atoms with E-state index in [0.29, 0.717) is 0 Å². The third-order valence-electron chi connectivity index (χ3n) is 3.59. The van der Waals surface area contributed by atoms with Crippen molar-refractivity contribution in [1.29, 1.82) is 0 Å². The van der Waals surface area contributed by atoms with Gasteiger partial charge in [-0.25, -0.2) is 0 Å². The zero-order valence-corrected chi connectivity index (χ0v) is 9.79. The molecule has 0 saturated heterocycles. The second kappa shape index (κ2) is 4.80. The molecule has 0 aromatic heterocycles. The predicted octanol–water partition coefficient (Wildman–Crippen LogP) is 2.93. The van der Waals surface area contributed by atoms with E-state index >= 15 is 0 Å². The molecule has 1 aliphatic carbocycles. The Kier molecular flexibility index (Phi) is 3.42. The van der Waals surface area contributed by atoms with Gasteiger partial charge in [-0.05, 0) is 51.1 Å². The van der Waals surface area contributed by atoms with Crippen molar-refractivity contribution in [2.24, 2.45) is 5.92 Å². The molecule has 82 valence electrons. The summed E-state index contributed by atoms with van der Waals surface area (Å²) in [5, 5.41) is 3.39.